The average Bonchev–Trinajstić information content (AvgIpc) is 3.45. The van der Waals surface area contributed by atoms with Crippen molar-refractivity contribution in [2.45, 2.75) is 92.0 Å². The SMILES string of the molecule is CCC(=O)c1cccc(Cc2ccc(CNC(=O)Nc3cc(C)c(C)cc3CCCC3CCCC3)cc2C)c1. The maximum atomic E-state index is 12.9. The summed E-state index contributed by atoms with van der Waals surface area (Å²) in [5.41, 5.74) is 10.0. The smallest absolute Gasteiger partial charge is 0.319 e. The summed E-state index contributed by atoms with van der Waals surface area (Å²) < 4.78 is 0. The fourth-order valence-corrected chi connectivity index (χ4v) is 5.77. The van der Waals surface area contributed by atoms with Gasteiger partial charge in [-0.25, -0.2) is 4.79 Å². The maximum Gasteiger partial charge on any atom is 0.319 e. The lowest BCUT2D eigenvalue weighted by atomic mass is 9.95. The Morgan fingerprint density at radius 2 is 1.62 bits per heavy atom. The Bertz CT molecular complexity index is 1300. The molecule has 206 valence electrons. The van der Waals surface area contributed by atoms with Gasteiger partial charge in [0, 0.05) is 24.2 Å². The van der Waals surface area contributed by atoms with E-state index in [0.29, 0.717) is 13.0 Å². The van der Waals surface area contributed by atoms with Crippen molar-refractivity contribution in [1.29, 1.82) is 0 Å². The second-order valence-corrected chi connectivity index (χ2v) is 11.4. The fraction of sp³-hybridized carbons (Fsp3) is 0.429. The fourth-order valence-electron chi connectivity index (χ4n) is 5.77. The molecule has 3 aromatic carbocycles. The number of benzene rings is 3. The number of nitrogens with one attached hydrogen (secondary N) is 2. The Morgan fingerprint density at radius 1 is 0.846 bits per heavy atom. The van der Waals surface area contributed by atoms with Crippen LogP contribution in [0, 0.1) is 26.7 Å². The summed E-state index contributed by atoms with van der Waals surface area (Å²) in [6, 6.07) is 18.5. The monoisotopic (exact) mass is 524 g/mol. The summed E-state index contributed by atoms with van der Waals surface area (Å²) >= 11 is 0. The number of rotatable bonds is 11. The first-order valence-electron chi connectivity index (χ1n) is 14.7. The van der Waals surface area contributed by atoms with E-state index in [0.717, 1.165) is 41.1 Å². The molecule has 4 nitrogen and oxygen atoms in total. The summed E-state index contributed by atoms with van der Waals surface area (Å²) in [6.07, 6.45) is 10.3. The molecule has 0 unspecified atom stereocenters. The van der Waals surface area contributed by atoms with Crippen LogP contribution in [-0.4, -0.2) is 11.8 Å². The molecule has 0 spiro atoms. The standard InChI is InChI=1S/C35H44N2O2/c1-5-34(38)32-15-9-13-28(22-32)21-30-17-16-29(18-26(30)4)23-36-35(39)37-33-20-25(3)24(2)19-31(33)14-8-12-27-10-6-7-11-27/h9,13,15-20,22,27H,5-8,10-12,14,21,23H2,1-4H3,(H2,36,37,39). The summed E-state index contributed by atoms with van der Waals surface area (Å²) in [4.78, 5) is 25.0. The molecule has 1 fully saturated rings. The van der Waals surface area contributed by atoms with E-state index in [2.05, 4.69) is 67.8 Å². The minimum absolute atomic E-state index is 0.172. The van der Waals surface area contributed by atoms with Gasteiger partial charge in [0.1, 0.15) is 0 Å². The number of hydrogen-bond acceptors (Lipinski definition) is 2. The Morgan fingerprint density at radius 3 is 2.36 bits per heavy atom. The summed E-state index contributed by atoms with van der Waals surface area (Å²) in [6.45, 7) is 8.71. The molecular weight excluding hydrogens is 480 g/mol. The molecule has 2 amide bonds. The van der Waals surface area contributed by atoms with Gasteiger partial charge in [-0.3, -0.25) is 4.79 Å². The van der Waals surface area contributed by atoms with Gasteiger partial charge in [0.15, 0.2) is 5.78 Å². The minimum atomic E-state index is -0.172. The lowest BCUT2D eigenvalue weighted by molar-refractivity contribution is 0.0988. The number of carbonyl (C=O) groups excluding carboxylic acids is 2. The van der Waals surface area contributed by atoms with E-state index in [9.17, 15) is 9.59 Å². The van der Waals surface area contributed by atoms with E-state index in [-0.39, 0.29) is 11.8 Å². The first-order chi connectivity index (χ1) is 18.8. The second-order valence-electron chi connectivity index (χ2n) is 11.4. The Balaban J connectivity index is 1.33. The number of urea groups is 1. The number of amides is 2. The van der Waals surface area contributed by atoms with Gasteiger partial charge in [0.05, 0.1) is 0 Å². The van der Waals surface area contributed by atoms with Crippen LogP contribution in [0.5, 0.6) is 0 Å². The van der Waals surface area contributed by atoms with Crippen LogP contribution in [0.25, 0.3) is 0 Å². The molecule has 1 aliphatic rings. The molecule has 4 heteroatoms. The van der Waals surface area contributed by atoms with Gasteiger partial charge < -0.3 is 10.6 Å². The van der Waals surface area contributed by atoms with Crippen LogP contribution < -0.4 is 10.6 Å². The molecular formula is C35H44N2O2. The largest absolute Gasteiger partial charge is 0.334 e. The van der Waals surface area contributed by atoms with E-state index >= 15 is 0 Å². The Hall–Kier alpha value is -3.40. The number of hydrogen-bond donors (Lipinski definition) is 2. The topological polar surface area (TPSA) is 58.2 Å². The molecule has 0 atom stereocenters. The third-order valence-corrected chi connectivity index (χ3v) is 8.33. The van der Waals surface area contributed by atoms with Crippen LogP contribution in [0.15, 0.2) is 54.6 Å². The van der Waals surface area contributed by atoms with Crippen LogP contribution in [0.2, 0.25) is 0 Å². The Kier molecular flexibility index (Phi) is 9.97. The van der Waals surface area contributed by atoms with Crippen molar-refractivity contribution in [3.63, 3.8) is 0 Å². The molecule has 39 heavy (non-hydrogen) atoms. The van der Waals surface area contributed by atoms with Crippen molar-refractivity contribution in [2.24, 2.45) is 5.92 Å². The van der Waals surface area contributed by atoms with Crippen LogP contribution in [0.3, 0.4) is 0 Å². The summed E-state index contributed by atoms with van der Waals surface area (Å²) in [5.74, 6) is 1.06. The Labute approximate surface area is 234 Å². The molecule has 0 heterocycles. The van der Waals surface area contributed by atoms with Gasteiger partial charge in [-0.1, -0.05) is 81.5 Å². The molecule has 4 rings (SSSR count). The first-order valence-corrected chi connectivity index (χ1v) is 14.7. The van der Waals surface area contributed by atoms with Crippen molar-refractivity contribution in [2.75, 3.05) is 5.32 Å². The number of ketones is 1. The number of carbonyl (C=O) groups is 2. The zero-order valence-electron chi connectivity index (χ0n) is 24.2. The van der Waals surface area contributed by atoms with E-state index in [1.54, 1.807) is 0 Å². The normalized spacial score (nSPS) is 13.4. The quantitative estimate of drug-likeness (QED) is 0.247. The maximum absolute atomic E-state index is 12.9. The van der Waals surface area contributed by atoms with Crippen molar-refractivity contribution >= 4 is 17.5 Å². The molecule has 1 saturated carbocycles. The van der Waals surface area contributed by atoms with Crippen LogP contribution in [0.4, 0.5) is 10.5 Å². The zero-order valence-corrected chi connectivity index (χ0v) is 24.2. The highest BCUT2D eigenvalue weighted by molar-refractivity contribution is 5.96. The van der Waals surface area contributed by atoms with Gasteiger partial charge in [0.2, 0.25) is 0 Å². The van der Waals surface area contributed by atoms with Crippen LogP contribution in [-0.2, 0) is 19.4 Å². The average molecular weight is 525 g/mol. The highest BCUT2D eigenvalue weighted by Crippen LogP contribution is 2.30. The van der Waals surface area contributed by atoms with Crippen LogP contribution >= 0.6 is 0 Å². The zero-order chi connectivity index (χ0) is 27.8. The van der Waals surface area contributed by atoms with Gasteiger partial charge in [-0.05, 0) is 97.0 Å². The van der Waals surface area contributed by atoms with Crippen molar-refractivity contribution < 1.29 is 9.59 Å². The van der Waals surface area contributed by atoms with Crippen molar-refractivity contribution in [3.8, 4) is 0 Å². The second kappa shape index (κ2) is 13.6. The number of anilines is 1. The van der Waals surface area contributed by atoms with E-state index in [1.807, 2.05) is 25.1 Å². The van der Waals surface area contributed by atoms with Gasteiger partial charge >= 0.3 is 6.03 Å². The van der Waals surface area contributed by atoms with Gasteiger partial charge in [-0.2, -0.15) is 0 Å². The molecule has 0 saturated heterocycles. The lowest BCUT2D eigenvalue weighted by Crippen LogP contribution is -2.28. The molecule has 0 aliphatic heterocycles. The minimum Gasteiger partial charge on any atom is -0.334 e. The molecule has 3 aromatic rings. The van der Waals surface area contributed by atoms with E-state index in [4.69, 9.17) is 0 Å². The van der Waals surface area contributed by atoms with E-state index in [1.165, 1.54) is 66.3 Å². The molecule has 0 aromatic heterocycles. The van der Waals surface area contributed by atoms with Crippen molar-refractivity contribution in [3.05, 3.63) is 99.1 Å². The van der Waals surface area contributed by atoms with E-state index < -0.39 is 0 Å². The number of aryl methyl sites for hydroxylation is 4. The molecule has 0 radical (unpaired) electrons. The highest BCUT2D eigenvalue weighted by atomic mass is 16.2. The molecule has 0 bridgehead atoms. The first kappa shape index (κ1) is 28.6. The van der Waals surface area contributed by atoms with Crippen LogP contribution in [0.1, 0.15) is 101 Å². The predicted octanol–water partition coefficient (Wildman–Crippen LogP) is 8.63. The van der Waals surface area contributed by atoms with Crippen molar-refractivity contribution in [1.82, 2.24) is 5.32 Å². The number of Topliss-reactive ketones (excluding diaryl/α,β-unsaturated/α-hetero) is 1. The molecule has 1 aliphatic carbocycles. The summed E-state index contributed by atoms with van der Waals surface area (Å²) in [5, 5.41) is 6.17. The predicted molar refractivity (Wildman–Crippen MR) is 162 cm³/mol. The molecule has 2 N–H and O–H groups in total. The lowest BCUT2D eigenvalue weighted by Gasteiger charge is -2.16. The van der Waals surface area contributed by atoms with Gasteiger partial charge in [-0.15, -0.1) is 0 Å². The third-order valence-electron chi connectivity index (χ3n) is 8.33. The third kappa shape index (κ3) is 8.05. The van der Waals surface area contributed by atoms with Gasteiger partial charge in [0.25, 0.3) is 0 Å². The highest BCUT2D eigenvalue weighted by Gasteiger charge is 2.15. The summed E-state index contributed by atoms with van der Waals surface area (Å²) in [7, 11) is 0.